The van der Waals surface area contributed by atoms with Gasteiger partial charge in [0, 0.05) is 12.7 Å². The molecule has 0 aromatic carbocycles. The van der Waals surface area contributed by atoms with Gasteiger partial charge >= 0.3 is 0 Å². The summed E-state index contributed by atoms with van der Waals surface area (Å²) in [5.74, 6) is 1.16. The molecule has 0 saturated carbocycles. The summed E-state index contributed by atoms with van der Waals surface area (Å²) < 4.78 is 0. The van der Waals surface area contributed by atoms with Crippen LogP contribution < -0.4 is 10.6 Å². The summed E-state index contributed by atoms with van der Waals surface area (Å²) in [6.45, 7) is 6.72. The predicted molar refractivity (Wildman–Crippen MR) is 64.4 cm³/mol. The average Bonchev–Trinajstić information content (AvgIpc) is 2.35. The summed E-state index contributed by atoms with van der Waals surface area (Å²) in [5.41, 5.74) is 1.83. The van der Waals surface area contributed by atoms with Crippen molar-refractivity contribution in [3.8, 4) is 0 Å². The van der Waals surface area contributed by atoms with Crippen LogP contribution in [0.2, 0.25) is 0 Å². The van der Waals surface area contributed by atoms with Crippen molar-refractivity contribution < 1.29 is 4.79 Å². The molecule has 1 atom stereocenters. The number of nitrogens with one attached hydrogen (secondary N) is 2. The number of carbonyl (C=O) groups excluding carboxylic acids is 1. The molecule has 1 aliphatic rings. The summed E-state index contributed by atoms with van der Waals surface area (Å²) in [7, 11) is 0. The molecule has 2 rings (SSSR count). The van der Waals surface area contributed by atoms with Crippen molar-refractivity contribution in [3.05, 3.63) is 17.8 Å². The zero-order valence-electron chi connectivity index (χ0n) is 9.87. The first-order valence-corrected chi connectivity index (χ1v) is 5.59. The van der Waals surface area contributed by atoms with E-state index in [1.807, 2.05) is 13.0 Å². The van der Waals surface area contributed by atoms with E-state index in [4.69, 9.17) is 0 Å². The molecule has 1 aromatic rings. The molecule has 0 radical (unpaired) electrons. The van der Waals surface area contributed by atoms with Gasteiger partial charge in [-0.15, -0.1) is 0 Å². The van der Waals surface area contributed by atoms with E-state index < -0.39 is 0 Å². The second-order valence-corrected chi connectivity index (χ2v) is 4.63. The van der Waals surface area contributed by atoms with Crippen molar-refractivity contribution >= 4 is 17.4 Å². The highest BCUT2D eigenvalue weighted by Crippen LogP contribution is 2.26. The van der Waals surface area contributed by atoms with E-state index in [9.17, 15) is 4.79 Å². The summed E-state index contributed by atoms with van der Waals surface area (Å²) in [6, 6.07) is 1.94. The highest BCUT2D eigenvalue weighted by atomic mass is 16.2. The molecule has 1 unspecified atom stereocenters. The highest BCUT2D eigenvalue weighted by Gasteiger charge is 2.26. The summed E-state index contributed by atoms with van der Waals surface area (Å²) >= 11 is 0. The quantitative estimate of drug-likeness (QED) is 0.759. The molecular weight excluding hydrogens is 202 g/mol. The van der Waals surface area contributed by atoms with Crippen molar-refractivity contribution in [1.82, 2.24) is 4.98 Å². The lowest BCUT2D eigenvalue weighted by Gasteiger charge is -2.16. The predicted octanol–water partition coefficient (Wildman–Crippen LogP) is 2.03. The number of nitrogens with zero attached hydrogens (tertiary/aromatic N) is 1. The van der Waals surface area contributed by atoms with Crippen LogP contribution in [0.3, 0.4) is 0 Å². The summed E-state index contributed by atoms with van der Waals surface area (Å²) in [4.78, 5) is 16.2. The van der Waals surface area contributed by atoms with Gasteiger partial charge in [-0.2, -0.15) is 0 Å². The van der Waals surface area contributed by atoms with Crippen molar-refractivity contribution in [3.63, 3.8) is 0 Å². The molecule has 0 bridgehead atoms. The first kappa shape index (κ1) is 10.9. The van der Waals surface area contributed by atoms with E-state index >= 15 is 0 Å². The smallest absolute Gasteiger partial charge is 0.229 e. The Kier molecular flexibility index (Phi) is 2.81. The first-order valence-electron chi connectivity index (χ1n) is 5.59. The Hall–Kier alpha value is -1.58. The summed E-state index contributed by atoms with van der Waals surface area (Å²) in [5, 5.41) is 6.15. The van der Waals surface area contributed by atoms with Gasteiger partial charge in [-0.05, 0) is 24.5 Å². The van der Waals surface area contributed by atoms with Crippen molar-refractivity contribution in [2.75, 3.05) is 17.2 Å². The topological polar surface area (TPSA) is 54.0 Å². The maximum Gasteiger partial charge on any atom is 0.229 e. The molecule has 4 heteroatoms. The third-order valence-electron chi connectivity index (χ3n) is 2.91. The van der Waals surface area contributed by atoms with Gasteiger partial charge in [-0.3, -0.25) is 4.79 Å². The third-order valence-corrected chi connectivity index (χ3v) is 2.91. The molecule has 1 amide bonds. The van der Waals surface area contributed by atoms with E-state index in [1.165, 1.54) is 0 Å². The zero-order chi connectivity index (χ0) is 11.7. The first-order chi connectivity index (χ1) is 7.58. The van der Waals surface area contributed by atoms with E-state index in [0.29, 0.717) is 12.5 Å². The Labute approximate surface area is 95.5 Å². The molecule has 86 valence electrons. The number of rotatable bonds is 1. The molecule has 0 fully saturated rings. The lowest BCUT2D eigenvalue weighted by Crippen LogP contribution is -2.29. The van der Waals surface area contributed by atoms with Crippen LogP contribution in [0.5, 0.6) is 0 Å². The molecule has 0 aliphatic carbocycles. The van der Waals surface area contributed by atoms with Crippen LogP contribution >= 0.6 is 0 Å². The van der Waals surface area contributed by atoms with E-state index in [1.54, 1.807) is 6.20 Å². The number of pyridine rings is 1. The van der Waals surface area contributed by atoms with Gasteiger partial charge in [0.15, 0.2) is 0 Å². The second-order valence-electron chi connectivity index (χ2n) is 4.63. The van der Waals surface area contributed by atoms with Crippen LogP contribution in [0.25, 0.3) is 0 Å². The Morgan fingerprint density at radius 2 is 2.25 bits per heavy atom. The van der Waals surface area contributed by atoms with Gasteiger partial charge in [-0.1, -0.05) is 13.8 Å². The minimum Gasteiger partial charge on any atom is -0.368 e. The summed E-state index contributed by atoms with van der Waals surface area (Å²) in [6.07, 6.45) is 1.80. The maximum atomic E-state index is 12.0. The van der Waals surface area contributed by atoms with E-state index in [0.717, 1.165) is 17.1 Å². The van der Waals surface area contributed by atoms with E-state index in [-0.39, 0.29) is 11.8 Å². The average molecular weight is 219 g/mol. The molecule has 16 heavy (non-hydrogen) atoms. The minimum absolute atomic E-state index is 0.00509. The molecule has 1 aromatic heterocycles. The molecular formula is C12H17N3O. The Bertz CT molecular complexity index is 415. The van der Waals surface area contributed by atoms with Crippen molar-refractivity contribution in [1.29, 1.82) is 0 Å². The minimum atomic E-state index is -0.00509. The molecule has 4 nitrogen and oxygen atoms in total. The van der Waals surface area contributed by atoms with Crippen LogP contribution in [-0.4, -0.2) is 17.4 Å². The number of fused-ring (bicyclic) bond motifs is 1. The second kappa shape index (κ2) is 4.12. The Balaban J connectivity index is 2.30. The SMILES string of the molecule is Cc1cnc2c(c1)NC(=O)C(C(C)C)CN2. The molecule has 1 aliphatic heterocycles. The fraction of sp³-hybridized carbons (Fsp3) is 0.500. The lowest BCUT2D eigenvalue weighted by molar-refractivity contribution is -0.120. The normalized spacial score (nSPS) is 19.8. The number of anilines is 2. The number of aromatic nitrogens is 1. The third kappa shape index (κ3) is 2.01. The van der Waals surface area contributed by atoms with Crippen LogP contribution in [0.4, 0.5) is 11.5 Å². The van der Waals surface area contributed by atoms with Crippen LogP contribution in [0, 0.1) is 18.8 Å². The van der Waals surface area contributed by atoms with Crippen LogP contribution in [-0.2, 0) is 4.79 Å². The molecule has 0 spiro atoms. The fourth-order valence-corrected chi connectivity index (χ4v) is 1.87. The maximum absolute atomic E-state index is 12.0. The number of aryl methyl sites for hydroxylation is 1. The molecule has 2 heterocycles. The van der Waals surface area contributed by atoms with Gasteiger partial charge in [0.05, 0.1) is 11.6 Å². The number of hydrogen-bond donors (Lipinski definition) is 2. The number of hydrogen-bond acceptors (Lipinski definition) is 3. The monoisotopic (exact) mass is 219 g/mol. The standard InChI is InChI=1S/C12H17N3O/c1-7(2)9-6-14-11-10(15-12(9)16)4-8(3)5-13-11/h4-5,7,9H,6H2,1-3H3,(H,13,14)(H,15,16). The molecule has 0 saturated heterocycles. The van der Waals surface area contributed by atoms with Crippen LogP contribution in [0.15, 0.2) is 12.3 Å². The Morgan fingerprint density at radius 3 is 2.94 bits per heavy atom. The largest absolute Gasteiger partial charge is 0.368 e. The zero-order valence-corrected chi connectivity index (χ0v) is 9.87. The van der Waals surface area contributed by atoms with Crippen molar-refractivity contribution in [2.24, 2.45) is 11.8 Å². The van der Waals surface area contributed by atoms with Gasteiger partial charge < -0.3 is 10.6 Å². The van der Waals surface area contributed by atoms with Gasteiger partial charge in [0.1, 0.15) is 5.82 Å². The number of amides is 1. The fourth-order valence-electron chi connectivity index (χ4n) is 1.87. The van der Waals surface area contributed by atoms with Gasteiger partial charge in [-0.25, -0.2) is 4.98 Å². The van der Waals surface area contributed by atoms with Gasteiger partial charge in [0.2, 0.25) is 5.91 Å². The van der Waals surface area contributed by atoms with Gasteiger partial charge in [0.25, 0.3) is 0 Å². The highest BCUT2D eigenvalue weighted by molar-refractivity contribution is 5.97. The molecule has 2 N–H and O–H groups in total. The van der Waals surface area contributed by atoms with E-state index in [2.05, 4.69) is 29.5 Å². The number of carbonyl (C=O) groups is 1. The van der Waals surface area contributed by atoms with Crippen molar-refractivity contribution in [2.45, 2.75) is 20.8 Å². The Morgan fingerprint density at radius 1 is 1.50 bits per heavy atom. The lowest BCUT2D eigenvalue weighted by atomic mass is 9.95. The van der Waals surface area contributed by atoms with Crippen LogP contribution in [0.1, 0.15) is 19.4 Å².